The van der Waals surface area contributed by atoms with Gasteiger partial charge in [0.25, 0.3) is 0 Å². The van der Waals surface area contributed by atoms with Gasteiger partial charge in [-0.3, -0.25) is 0 Å². The monoisotopic (exact) mass is 1280 g/mol. The number of amides is 2. The van der Waals surface area contributed by atoms with Crippen LogP contribution in [0.3, 0.4) is 0 Å². The van der Waals surface area contributed by atoms with Gasteiger partial charge in [0, 0.05) is 126 Å². The van der Waals surface area contributed by atoms with Crippen LogP contribution < -0.4 is 9.80 Å². The lowest BCUT2D eigenvalue weighted by Gasteiger charge is -2.33. The number of carbonyl (C=O) groups excluding carboxylic acids is 2. The number of anilines is 2. The molecule has 0 unspecified atom stereocenters. The highest BCUT2D eigenvalue weighted by Crippen LogP contribution is 2.33. The van der Waals surface area contributed by atoms with Crippen molar-refractivity contribution in [2.24, 2.45) is 0 Å². The predicted molar refractivity (Wildman–Crippen MR) is 339 cm³/mol. The average Bonchev–Trinajstić information content (AvgIpc) is 3.99. The quantitative estimate of drug-likeness (QED) is 0.0282. The molecular formula is C56H101IN10O8Si4. The molecule has 0 saturated carbocycles. The SMILES string of the molecule is CC(C)(C)OC(=O)N1CCC(c2cc(N(COCC[Si](C)(C)C)COCC[Si](C)(C)C)n3ncc(I)c3n2)CC1.CC(C)(C)OC(=O)N1CCC(c2cc(N(COCC[Si](C)(C)C)COCC[Si](C)(C)C)n3nccc3n2)CC1. The summed E-state index contributed by atoms with van der Waals surface area (Å²) in [6, 6.07) is 10.7. The summed E-state index contributed by atoms with van der Waals surface area (Å²) in [6.45, 7) is 47.1. The van der Waals surface area contributed by atoms with E-state index in [1.807, 2.05) is 72.6 Å². The molecule has 0 atom stereocenters. The second-order valence-corrected chi connectivity index (χ2v) is 52.0. The molecular weight excluding hydrogens is 1180 g/mol. The molecule has 0 N–H and O–H groups in total. The highest BCUT2D eigenvalue weighted by molar-refractivity contribution is 14.1. The third-order valence-corrected chi connectivity index (χ3v) is 21.1. The molecule has 2 amide bonds. The fourth-order valence-corrected chi connectivity index (χ4v) is 12.1. The molecule has 2 saturated heterocycles. The number of nitrogens with zero attached hydrogens (tertiary/aromatic N) is 10. The summed E-state index contributed by atoms with van der Waals surface area (Å²) in [5, 5.41) is 9.24. The Labute approximate surface area is 491 Å². The van der Waals surface area contributed by atoms with Crippen molar-refractivity contribution in [2.45, 2.75) is 193 Å². The van der Waals surface area contributed by atoms with Crippen LogP contribution >= 0.6 is 22.6 Å². The summed E-state index contributed by atoms with van der Waals surface area (Å²) in [6.07, 6.45) is 6.53. The summed E-state index contributed by atoms with van der Waals surface area (Å²) in [4.78, 5) is 43.1. The molecule has 0 spiro atoms. The first-order chi connectivity index (χ1) is 36.6. The number of likely N-dealkylation sites (tertiary alicyclic amines) is 2. The fraction of sp³-hybridized carbons (Fsp3) is 0.750. The number of carbonyl (C=O) groups is 2. The van der Waals surface area contributed by atoms with Gasteiger partial charge in [-0.2, -0.15) is 19.2 Å². The van der Waals surface area contributed by atoms with Crippen molar-refractivity contribution < 1.29 is 38.0 Å². The zero-order valence-corrected chi connectivity index (χ0v) is 58.0. The van der Waals surface area contributed by atoms with Gasteiger partial charge in [-0.15, -0.1) is 0 Å². The average molecular weight is 1280 g/mol. The van der Waals surface area contributed by atoms with Crippen molar-refractivity contribution in [3.8, 4) is 0 Å². The number of rotatable bonds is 24. The van der Waals surface area contributed by atoms with Crippen molar-refractivity contribution in [3.63, 3.8) is 0 Å². The first-order valence-electron chi connectivity index (χ1n) is 28.8. The van der Waals surface area contributed by atoms with Gasteiger partial charge in [0.2, 0.25) is 0 Å². The number of hydrogen-bond donors (Lipinski definition) is 0. The lowest BCUT2D eigenvalue weighted by molar-refractivity contribution is 0.0193. The van der Waals surface area contributed by atoms with Crippen molar-refractivity contribution >= 4 is 90.0 Å². The summed E-state index contributed by atoms with van der Waals surface area (Å²) in [7, 11) is -4.76. The molecule has 79 heavy (non-hydrogen) atoms. The molecule has 0 aliphatic carbocycles. The zero-order valence-electron chi connectivity index (χ0n) is 51.8. The van der Waals surface area contributed by atoms with E-state index in [1.165, 1.54) is 0 Å². The molecule has 0 bridgehead atoms. The van der Waals surface area contributed by atoms with E-state index in [9.17, 15) is 9.59 Å². The first kappa shape index (κ1) is 66.6. The molecule has 2 aliphatic heterocycles. The largest absolute Gasteiger partial charge is 0.444 e. The molecule has 446 valence electrons. The van der Waals surface area contributed by atoms with Gasteiger partial charge in [0.05, 0.1) is 16.0 Å². The number of piperidine rings is 2. The first-order valence-corrected chi connectivity index (χ1v) is 44.7. The molecule has 2 fully saturated rings. The van der Waals surface area contributed by atoms with Crippen LogP contribution in [0.2, 0.25) is 103 Å². The molecule has 0 aromatic carbocycles. The normalized spacial score (nSPS) is 15.6. The minimum Gasteiger partial charge on any atom is -0.444 e. The van der Waals surface area contributed by atoms with Crippen LogP contribution in [-0.4, -0.2) is 174 Å². The third kappa shape index (κ3) is 23.5. The number of hydrogen-bond acceptors (Lipinski definition) is 14. The van der Waals surface area contributed by atoms with Gasteiger partial charge in [-0.1, -0.05) is 78.6 Å². The Kier molecular flexibility index (Phi) is 24.4. The second kappa shape index (κ2) is 28.9. The van der Waals surface area contributed by atoms with Gasteiger partial charge in [0.15, 0.2) is 11.3 Å². The topological polar surface area (TPSA) is 163 Å². The lowest BCUT2D eigenvalue weighted by Crippen LogP contribution is -2.41. The Hall–Kier alpha value is -3.18. The lowest BCUT2D eigenvalue weighted by atomic mass is 9.93. The number of ether oxygens (including phenoxy) is 6. The molecule has 6 heterocycles. The van der Waals surface area contributed by atoms with Crippen LogP contribution in [-0.2, 0) is 28.4 Å². The maximum atomic E-state index is 12.6. The highest BCUT2D eigenvalue weighted by atomic mass is 127. The van der Waals surface area contributed by atoms with Crippen LogP contribution in [0.1, 0.15) is 90.4 Å². The summed E-state index contributed by atoms with van der Waals surface area (Å²) in [5.74, 6) is 2.36. The van der Waals surface area contributed by atoms with Gasteiger partial charge in [0.1, 0.15) is 49.8 Å². The number of fused-ring (bicyclic) bond motifs is 2. The van der Waals surface area contributed by atoms with E-state index in [2.05, 4.69) is 133 Å². The van der Waals surface area contributed by atoms with Crippen molar-refractivity contribution in [3.05, 3.63) is 45.6 Å². The molecule has 4 aromatic rings. The van der Waals surface area contributed by atoms with E-state index in [0.29, 0.717) is 53.1 Å². The minimum atomic E-state index is -1.20. The standard InChI is InChI=1S/C28H50IN5O4Si2.C28H51N5O4Si2/c1-28(2,3)38-27(35)32-12-10-22(11-13-32)24-18-25(34-26(31-24)23(29)19-30-34)33(20-36-14-16-39(4,5)6)21-37-15-17-40(7,8)9;1-28(2,3)37-27(34)31-14-11-23(12-15-31)24-20-26(33-25(30-24)10-13-29-33)32(21-35-16-18-38(4,5)6)22-36-17-19-39(7,8)9/h18-19,22H,10-17,20-21H2,1-9H3;10,13,20,23H,11-12,14-19,21-22H2,1-9H3. The smallest absolute Gasteiger partial charge is 0.410 e. The Morgan fingerprint density at radius 3 is 1.27 bits per heavy atom. The maximum Gasteiger partial charge on any atom is 0.410 e. The molecule has 0 radical (unpaired) electrons. The van der Waals surface area contributed by atoms with E-state index in [4.69, 9.17) is 38.4 Å². The van der Waals surface area contributed by atoms with E-state index < -0.39 is 43.5 Å². The Morgan fingerprint density at radius 2 is 0.911 bits per heavy atom. The Balaban J connectivity index is 0.000000291. The maximum absolute atomic E-state index is 12.6. The third-order valence-electron chi connectivity index (χ3n) is 13.5. The minimum absolute atomic E-state index is 0.238. The van der Waals surface area contributed by atoms with Gasteiger partial charge < -0.3 is 48.0 Å². The van der Waals surface area contributed by atoms with Crippen LogP contribution in [0.25, 0.3) is 11.3 Å². The zero-order chi connectivity index (χ0) is 58.6. The summed E-state index contributed by atoms with van der Waals surface area (Å²) >= 11 is 2.30. The highest BCUT2D eigenvalue weighted by Gasteiger charge is 2.32. The van der Waals surface area contributed by atoms with Crippen LogP contribution in [0.15, 0.2) is 30.6 Å². The number of halogens is 1. The molecule has 23 heteroatoms. The van der Waals surface area contributed by atoms with Crippen LogP contribution in [0.5, 0.6) is 0 Å². The molecule has 18 nitrogen and oxygen atoms in total. The predicted octanol–water partition coefficient (Wildman–Crippen LogP) is 13.2. The van der Waals surface area contributed by atoms with Gasteiger partial charge in [-0.05, 0) is 114 Å². The van der Waals surface area contributed by atoms with Crippen LogP contribution in [0, 0.1) is 3.57 Å². The van der Waals surface area contributed by atoms with Gasteiger partial charge >= 0.3 is 12.2 Å². The van der Waals surface area contributed by atoms with E-state index in [-0.39, 0.29) is 24.0 Å². The number of aromatic nitrogens is 6. The summed E-state index contributed by atoms with van der Waals surface area (Å²) < 4.78 is 40.8. The van der Waals surface area contributed by atoms with Gasteiger partial charge in [-0.25, -0.2) is 19.6 Å². The Bertz CT molecular complexity index is 2490. The molecule has 6 rings (SSSR count). The summed E-state index contributed by atoms with van der Waals surface area (Å²) in [5.41, 5.74) is 2.72. The van der Waals surface area contributed by atoms with Crippen LogP contribution in [0.4, 0.5) is 21.2 Å². The molecule has 2 aliphatic rings. The van der Waals surface area contributed by atoms with E-state index in [1.54, 1.807) is 6.20 Å². The second-order valence-electron chi connectivity index (χ2n) is 28.4. The van der Waals surface area contributed by atoms with E-state index >= 15 is 0 Å². The Morgan fingerprint density at radius 1 is 0.557 bits per heavy atom. The van der Waals surface area contributed by atoms with E-state index in [0.717, 1.165) is 114 Å². The van der Waals surface area contributed by atoms with Crippen molar-refractivity contribution in [1.29, 1.82) is 0 Å². The van der Waals surface area contributed by atoms with Crippen molar-refractivity contribution in [1.82, 2.24) is 39.0 Å². The van der Waals surface area contributed by atoms with Crippen molar-refractivity contribution in [2.75, 3.05) is 89.3 Å². The molecule has 4 aromatic heterocycles. The fourth-order valence-electron chi connectivity index (χ4n) is 8.64.